The van der Waals surface area contributed by atoms with Crippen LogP contribution < -0.4 is 9.47 Å². The number of likely N-dealkylation sites (tertiary alicyclic amines) is 1. The van der Waals surface area contributed by atoms with E-state index in [1.165, 1.54) is 0 Å². The molecular formula is C22H25NO4. The molecule has 0 unspecified atom stereocenters. The van der Waals surface area contributed by atoms with E-state index < -0.39 is 0 Å². The molecule has 1 aliphatic carbocycles. The van der Waals surface area contributed by atoms with E-state index >= 15 is 0 Å². The summed E-state index contributed by atoms with van der Waals surface area (Å²) in [6.07, 6.45) is 2.34. The van der Waals surface area contributed by atoms with Crippen LogP contribution in [0.2, 0.25) is 0 Å². The number of Topliss-reactive ketones (excluding diaryl/α,β-unsaturated/α-hetero) is 1. The number of hydrogen-bond acceptors (Lipinski definition) is 5. The van der Waals surface area contributed by atoms with Gasteiger partial charge in [0.1, 0.15) is 17.2 Å². The molecule has 1 saturated heterocycles. The summed E-state index contributed by atoms with van der Waals surface area (Å²) >= 11 is 0. The van der Waals surface area contributed by atoms with Crippen LogP contribution in [-0.2, 0) is 0 Å². The molecule has 27 heavy (non-hydrogen) atoms. The van der Waals surface area contributed by atoms with Crippen LogP contribution in [0.5, 0.6) is 17.2 Å². The summed E-state index contributed by atoms with van der Waals surface area (Å²) in [5, 5.41) is 9.35. The average Bonchev–Trinajstić information content (AvgIpc) is 3.20. The monoisotopic (exact) mass is 367 g/mol. The number of ketones is 1. The Hall–Kier alpha value is -2.53. The first-order valence-electron chi connectivity index (χ1n) is 9.46. The Kier molecular flexibility index (Phi) is 5.03. The normalized spacial score (nSPS) is 24.6. The van der Waals surface area contributed by atoms with Crippen molar-refractivity contribution in [2.24, 2.45) is 11.8 Å². The van der Waals surface area contributed by atoms with Crippen molar-refractivity contribution in [1.82, 2.24) is 4.90 Å². The van der Waals surface area contributed by atoms with Crippen molar-refractivity contribution >= 4 is 5.78 Å². The van der Waals surface area contributed by atoms with Gasteiger partial charge in [0.15, 0.2) is 5.78 Å². The van der Waals surface area contributed by atoms with Gasteiger partial charge in [-0.2, -0.15) is 0 Å². The second-order valence-corrected chi connectivity index (χ2v) is 7.57. The molecule has 0 aromatic heterocycles. The van der Waals surface area contributed by atoms with Crippen molar-refractivity contribution in [3.8, 4) is 17.2 Å². The number of aromatic hydroxyl groups is 1. The van der Waals surface area contributed by atoms with E-state index in [9.17, 15) is 9.90 Å². The van der Waals surface area contributed by atoms with Crippen molar-refractivity contribution in [3.05, 3.63) is 54.1 Å². The van der Waals surface area contributed by atoms with E-state index in [0.717, 1.165) is 37.4 Å². The molecule has 5 nitrogen and oxygen atoms in total. The zero-order chi connectivity index (χ0) is 18.8. The summed E-state index contributed by atoms with van der Waals surface area (Å²) in [6, 6.07) is 14.2. The first-order chi connectivity index (χ1) is 13.1. The van der Waals surface area contributed by atoms with Gasteiger partial charge < -0.3 is 14.6 Å². The number of benzene rings is 2. The number of methoxy groups -OCH3 is 1. The predicted octanol–water partition coefficient (Wildman–Crippen LogP) is 3.37. The summed E-state index contributed by atoms with van der Waals surface area (Å²) in [5.41, 5.74) is 0.658. The molecule has 142 valence electrons. The minimum atomic E-state index is 0.112. The second-order valence-electron chi connectivity index (χ2n) is 7.57. The van der Waals surface area contributed by atoms with Gasteiger partial charge in [0.2, 0.25) is 0 Å². The smallest absolute Gasteiger partial charge is 0.176 e. The van der Waals surface area contributed by atoms with Gasteiger partial charge in [0.05, 0.1) is 19.8 Å². The first kappa shape index (κ1) is 17.9. The zero-order valence-corrected chi connectivity index (χ0v) is 15.5. The van der Waals surface area contributed by atoms with E-state index in [-0.39, 0.29) is 17.6 Å². The molecule has 2 aromatic carbocycles. The molecule has 5 heteroatoms. The predicted molar refractivity (Wildman–Crippen MR) is 103 cm³/mol. The van der Waals surface area contributed by atoms with E-state index in [4.69, 9.17) is 9.47 Å². The number of carbonyl (C=O) groups excluding carboxylic acids is 1. The van der Waals surface area contributed by atoms with Crippen LogP contribution in [0, 0.1) is 11.8 Å². The lowest BCUT2D eigenvalue weighted by atomic mass is 10.0. The maximum absolute atomic E-state index is 12.4. The summed E-state index contributed by atoms with van der Waals surface area (Å²) < 4.78 is 11.3. The highest BCUT2D eigenvalue weighted by Gasteiger charge is 2.42. The summed E-state index contributed by atoms with van der Waals surface area (Å²) in [4.78, 5) is 14.7. The summed E-state index contributed by atoms with van der Waals surface area (Å²) in [5.74, 6) is 3.22. The lowest BCUT2D eigenvalue weighted by molar-refractivity contribution is 0.0936. The fraction of sp³-hybridized carbons (Fsp3) is 0.409. The van der Waals surface area contributed by atoms with Gasteiger partial charge in [-0.3, -0.25) is 9.69 Å². The van der Waals surface area contributed by atoms with Crippen LogP contribution in [0.25, 0.3) is 0 Å². The van der Waals surface area contributed by atoms with E-state index in [0.29, 0.717) is 23.9 Å². The molecule has 1 heterocycles. The fourth-order valence-electron chi connectivity index (χ4n) is 4.36. The lowest BCUT2D eigenvalue weighted by Gasteiger charge is -2.19. The van der Waals surface area contributed by atoms with Crippen molar-refractivity contribution in [1.29, 1.82) is 0 Å². The molecule has 4 rings (SSSR count). The van der Waals surface area contributed by atoms with Crippen LogP contribution in [0.15, 0.2) is 48.5 Å². The van der Waals surface area contributed by atoms with Gasteiger partial charge in [-0.05, 0) is 73.2 Å². The Labute approximate surface area is 159 Å². The second kappa shape index (κ2) is 7.61. The number of hydrogen-bond donors (Lipinski definition) is 1. The third kappa shape index (κ3) is 4.08. The topological polar surface area (TPSA) is 59.0 Å². The minimum absolute atomic E-state index is 0.112. The van der Waals surface area contributed by atoms with Gasteiger partial charge >= 0.3 is 0 Å². The maximum atomic E-state index is 12.4. The van der Waals surface area contributed by atoms with Gasteiger partial charge in [0, 0.05) is 18.7 Å². The molecule has 2 aromatic rings. The molecule has 0 spiro atoms. The van der Waals surface area contributed by atoms with Gasteiger partial charge in [-0.1, -0.05) is 0 Å². The standard InChI is InChI=1S/C22H25NO4/c1-26-19-6-8-20(9-7-19)27-21-10-16-12-23(13-17(16)11-21)14-22(25)15-2-4-18(24)5-3-15/h2-9,16-17,21,24H,10-14H2,1H3/t16-,17+,21+. The van der Waals surface area contributed by atoms with E-state index in [1.807, 2.05) is 24.3 Å². The molecule has 1 N–H and O–H groups in total. The number of fused-ring (bicyclic) bond motifs is 1. The molecular weight excluding hydrogens is 342 g/mol. The van der Waals surface area contributed by atoms with Crippen LogP contribution in [0.3, 0.4) is 0 Å². The number of rotatable bonds is 6. The van der Waals surface area contributed by atoms with Gasteiger partial charge in [-0.25, -0.2) is 0 Å². The van der Waals surface area contributed by atoms with Crippen molar-refractivity contribution in [3.63, 3.8) is 0 Å². The highest BCUT2D eigenvalue weighted by Crippen LogP contribution is 2.39. The van der Waals surface area contributed by atoms with Crippen molar-refractivity contribution in [2.45, 2.75) is 18.9 Å². The Morgan fingerprint density at radius 3 is 2.19 bits per heavy atom. The zero-order valence-electron chi connectivity index (χ0n) is 15.5. The van der Waals surface area contributed by atoms with Crippen molar-refractivity contribution in [2.75, 3.05) is 26.7 Å². The van der Waals surface area contributed by atoms with Gasteiger partial charge in [0.25, 0.3) is 0 Å². The molecule has 2 aliphatic rings. The number of carbonyl (C=O) groups is 1. The van der Waals surface area contributed by atoms with Crippen molar-refractivity contribution < 1.29 is 19.4 Å². The first-order valence-corrected chi connectivity index (χ1v) is 9.46. The van der Waals surface area contributed by atoms with E-state index in [2.05, 4.69) is 4.90 Å². The SMILES string of the molecule is COc1ccc(O[C@H]2C[C@@H]3CN(CC(=O)c4ccc(O)cc4)C[C@@H]3C2)cc1. The van der Waals surface area contributed by atoms with Crippen LogP contribution in [-0.4, -0.2) is 48.6 Å². The van der Waals surface area contributed by atoms with E-state index in [1.54, 1.807) is 31.4 Å². The number of nitrogens with zero attached hydrogens (tertiary/aromatic N) is 1. The third-order valence-electron chi connectivity index (χ3n) is 5.70. The molecule has 1 saturated carbocycles. The fourth-order valence-corrected chi connectivity index (χ4v) is 4.36. The molecule has 0 bridgehead atoms. The summed E-state index contributed by atoms with van der Waals surface area (Å²) in [7, 11) is 1.66. The van der Waals surface area contributed by atoms with Crippen LogP contribution >= 0.6 is 0 Å². The number of phenolic OH excluding ortho intramolecular Hbond substituents is 1. The third-order valence-corrected chi connectivity index (χ3v) is 5.70. The number of phenols is 1. The Morgan fingerprint density at radius 2 is 1.59 bits per heavy atom. The van der Waals surface area contributed by atoms with Crippen LogP contribution in [0.1, 0.15) is 23.2 Å². The summed E-state index contributed by atoms with van der Waals surface area (Å²) in [6.45, 7) is 2.36. The quantitative estimate of drug-likeness (QED) is 0.794. The van der Waals surface area contributed by atoms with Crippen LogP contribution in [0.4, 0.5) is 0 Å². The molecule has 2 fully saturated rings. The lowest BCUT2D eigenvalue weighted by Crippen LogP contribution is -2.30. The highest BCUT2D eigenvalue weighted by molar-refractivity contribution is 5.97. The Morgan fingerprint density at radius 1 is 1.00 bits per heavy atom. The Balaban J connectivity index is 1.27. The Bertz CT molecular complexity index is 773. The average molecular weight is 367 g/mol. The van der Waals surface area contributed by atoms with Gasteiger partial charge in [-0.15, -0.1) is 0 Å². The molecule has 3 atom stereocenters. The molecule has 0 radical (unpaired) electrons. The minimum Gasteiger partial charge on any atom is -0.508 e. The highest BCUT2D eigenvalue weighted by atomic mass is 16.5. The molecule has 1 aliphatic heterocycles. The largest absolute Gasteiger partial charge is 0.508 e. The number of ether oxygens (including phenoxy) is 2. The molecule has 0 amide bonds. The maximum Gasteiger partial charge on any atom is 0.176 e.